The van der Waals surface area contributed by atoms with E-state index in [0.29, 0.717) is 0 Å². The molecule has 0 N–H and O–H groups in total. The maximum absolute atomic E-state index is 5.47. The van der Waals surface area contributed by atoms with Crippen molar-refractivity contribution in [3.05, 3.63) is 106 Å². The van der Waals surface area contributed by atoms with E-state index in [1.54, 1.807) is 7.11 Å². The Kier molecular flexibility index (Phi) is 22.7. The summed E-state index contributed by atoms with van der Waals surface area (Å²) in [5, 5.41) is 0. The lowest BCUT2D eigenvalue weighted by atomic mass is 10.0. The minimum Gasteiger partial charge on any atom is -0.378 e. The van der Waals surface area contributed by atoms with Crippen LogP contribution in [0.4, 0.5) is 0 Å². The number of hydrogen-bond donors (Lipinski definition) is 0. The van der Waals surface area contributed by atoms with E-state index in [1.165, 1.54) is 64.7 Å². The maximum Gasteiger partial charge on any atom is 0.0657 e. The van der Waals surface area contributed by atoms with Gasteiger partial charge in [0.2, 0.25) is 0 Å². The molecule has 0 atom stereocenters. The summed E-state index contributed by atoms with van der Waals surface area (Å²) in [5.41, 5.74) is 9.94. The van der Waals surface area contributed by atoms with Gasteiger partial charge in [-0.15, -0.1) is 0 Å². The van der Waals surface area contributed by atoms with Crippen LogP contribution in [0.2, 0.25) is 0 Å². The molecule has 0 heterocycles. The molecule has 0 aliphatic carbocycles. The molecule has 42 heavy (non-hydrogen) atoms. The number of rotatable bonds is 21. The second-order valence-electron chi connectivity index (χ2n) is 13.0. The van der Waals surface area contributed by atoms with Crippen molar-refractivity contribution in [1.82, 2.24) is 0 Å². The number of ether oxygens (including phenoxy) is 1. The third-order valence-corrected chi connectivity index (χ3v) is 7.57. The monoisotopic (exact) mass is 575 g/mol. The highest BCUT2D eigenvalue weighted by molar-refractivity contribution is 5.23. The Morgan fingerprint density at radius 1 is 0.524 bits per heavy atom. The van der Waals surface area contributed by atoms with Gasteiger partial charge in [-0.1, -0.05) is 106 Å². The molecule has 0 aromatic rings. The Morgan fingerprint density at radius 2 is 0.952 bits per heavy atom. The van der Waals surface area contributed by atoms with E-state index in [1.807, 2.05) is 0 Å². The van der Waals surface area contributed by atoms with Crippen LogP contribution in [0.1, 0.15) is 140 Å². The number of methoxy groups -OCH3 is 1. The van der Waals surface area contributed by atoms with E-state index in [9.17, 15) is 0 Å². The Balaban J connectivity index is 4.32. The standard InChI is InChI=1S/C41H66O/c1-34(2)20-14-23-37(5)26-17-29-38(6)27-15-24-35(3)21-12-13-22-36(4)25-16-28-39(7)30-18-31-40(8)32-19-33-41(9,10)42-11/h16,19-22,25-28,31-32H,12-15,17-18,23-24,29-30,33H2,1-11H3/b25-16+,32-19+,35-21+,36-22+,37-26+,38-27+,39-28+,40-31+. The topological polar surface area (TPSA) is 9.23 Å². The van der Waals surface area contributed by atoms with Crippen LogP contribution in [-0.4, -0.2) is 12.7 Å². The summed E-state index contributed by atoms with van der Waals surface area (Å²) in [7, 11) is 1.77. The molecule has 0 aliphatic rings. The summed E-state index contributed by atoms with van der Waals surface area (Å²) in [5.74, 6) is 0. The van der Waals surface area contributed by atoms with Gasteiger partial charge in [-0.2, -0.15) is 0 Å². The molecule has 0 spiro atoms. The van der Waals surface area contributed by atoms with Crippen molar-refractivity contribution < 1.29 is 4.74 Å². The molecule has 0 amide bonds. The number of allylic oxidation sites excluding steroid dienone is 17. The average Bonchev–Trinajstić information content (AvgIpc) is 2.91. The van der Waals surface area contributed by atoms with E-state index in [4.69, 9.17) is 4.74 Å². The predicted octanol–water partition coefficient (Wildman–Crippen LogP) is 13.5. The molecule has 0 aliphatic heterocycles. The van der Waals surface area contributed by atoms with E-state index in [2.05, 4.69) is 136 Å². The van der Waals surface area contributed by atoms with Gasteiger partial charge in [0.05, 0.1) is 5.60 Å². The van der Waals surface area contributed by atoms with Crippen molar-refractivity contribution in [3.8, 4) is 0 Å². The van der Waals surface area contributed by atoms with Crippen LogP contribution in [0, 0.1) is 0 Å². The molecule has 0 saturated heterocycles. The minimum absolute atomic E-state index is 0.0932. The molecule has 0 unspecified atom stereocenters. The second kappa shape index (κ2) is 24.1. The van der Waals surface area contributed by atoms with Gasteiger partial charge < -0.3 is 4.74 Å². The highest BCUT2D eigenvalue weighted by Crippen LogP contribution is 2.16. The quantitative estimate of drug-likeness (QED) is 0.0752. The van der Waals surface area contributed by atoms with Crippen molar-refractivity contribution in [2.45, 2.75) is 145 Å². The summed E-state index contributed by atoms with van der Waals surface area (Å²) in [4.78, 5) is 0. The van der Waals surface area contributed by atoms with Crippen molar-refractivity contribution >= 4 is 0 Å². The van der Waals surface area contributed by atoms with Crippen LogP contribution in [0.3, 0.4) is 0 Å². The molecule has 1 nitrogen and oxygen atoms in total. The first-order valence-corrected chi connectivity index (χ1v) is 16.3. The van der Waals surface area contributed by atoms with E-state index in [-0.39, 0.29) is 5.60 Å². The largest absolute Gasteiger partial charge is 0.378 e. The van der Waals surface area contributed by atoms with Gasteiger partial charge in [0, 0.05) is 7.11 Å². The molecule has 0 saturated carbocycles. The lowest BCUT2D eigenvalue weighted by molar-refractivity contribution is 0.0255. The first kappa shape index (κ1) is 39.6. The van der Waals surface area contributed by atoms with Gasteiger partial charge >= 0.3 is 0 Å². The van der Waals surface area contributed by atoms with Crippen LogP contribution in [0.15, 0.2) is 106 Å². The van der Waals surface area contributed by atoms with Crippen molar-refractivity contribution in [2.24, 2.45) is 0 Å². The summed E-state index contributed by atoms with van der Waals surface area (Å²) in [6.07, 6.45) is 37.7. The van der Waals surface area contributed by atoms with E-state index < -0.39 is 0 Å². The second-order valence-corrected chi connectivity index (χ2v) is 13.0. The highest BCUT2D eigenvalue weighted by atomic mass is 16.5. The summed E-state index contributed by atoms with van der Waals surface area (Å²) < 4.78 is 5.47. The van der Waals surface area contributed by atoms with Gasteiger partial charge in [-0.25, -0.2) is 0 Å². The van der Waals surface area contributed by atoms with Crippen LogP contribution in [0.5, 0.6) is 0 Å². The Labute approximate surface area is 262 Å². The van der Waals surface area contributed by atoms with Gasteiger partial charge in [0.1, 0.15) is 0 Å². The lowest BCUT2D eigenvalue weighted by Gasteiger charge is -2.20. The minimum atomic E-state index is -0.0932. The van der Waals surface area contributed by atoms with Crippen molar-refractivity contribution in [2.75, 3.05) is 7.11 Å². The molecule has 0 aromatic carbocycles. The number of hydrogen-bond acceptors (Lipinski definition) is 1. The fourth-order valence-corrected chi connectivity index (χ4v) is 4.35. The Morgan fingerprint density at radius 3 is 1.50 bits per heavy atom. The maximum atomic E-state index is 5.47. The van der Waals surface area contributed by atoms with E-state index >= 15 is 0 Å². The van der Waals surface area contributed by atoms with Crippen LogP contribution in [0.25, 0.3) is 0 Å². The summed E-state index contributed by atoms with van der Waals surface area (Å²) in [6, 6.07) is 0. The van der Waals surface area contributed by atoms with E-state index in [0.717, 1.165) is 44.9 Å². The zero-order valence-electron chi connectivity index (χ0n) is 29.5. The lowest BCUT2D eigenvalue weighted by Crippen LogP contribution is -2.20. The van der Waals surface area contributed by atoms with Crippen LogP contribution < -0.4 is 0 Å². The molecular formula is C41H66O. The number of unbranched alkanes of at least 4 members (excludes halogenated alkanes) is 1. The molecule has 0 aromatic heterocycles. The Bertz CT molecular complexity index is 1020. The highest BCUT2D eigenvalue weighted by Gasteiger charge is 2.12. The molecule has 0 radical (unpaired) electrons. The summed E-state index contributed by atoms with van der Waals surface area (Å²) >= 11 is 0. The molecule has 0 rings (SSSR count). The van der Waals surface area contributed by atoms with Gasteiger partial charge in [0.15, 0.2) is 0 Å². The smallest absolute Gasteiger partial charge is 0.0657 e. The first-order valence-electron chi connectivity index (χ1n) is 16.3. The van der Waals surface area contributed by atoms with Crippen LogP contribution in [-0.2, 0) is 4.74 Å². The predicted molar refractivity (Wildman–Crippen MR) is 192 cm³/mol. The van der Waals surface area contributed by atoms with Gasteiger partial charge in [-0.3, -0.25) is 0 Å². The van der Waals surface area contributed by atoms with Gasteiger partial charge in [0.25, 0.3) is 0 Å². The van der Waals surface area contributed by atoms with Crippen molar-refractivity contribution in [3.63, 3.8) is 0 Å². The average molecular weight is 575 g/mol. The molecular weight excluding hydrogens is 508 g/mol. The third kappa shape index (κ3) is 25.3. The van der Waals surface area contributed by atoms with Crippen LogP contribution >= 0.6 is 0 Å². The zero-order chi connectivity index (χ0) is 31.8. The molecule has 0 bridgehead atoms. The molecule has 0 fully saturated rings. The van der Waals surface area contributed by atoms with Crippen molar-refractivity contribution in [1.29, 1.82) is 0 Å². The normalized spacial score (nSPS) is 14.9. The molecule has 1 heteroatoms. The Hall–Kier alpha value is -2.38. The first-order chi connectivity index (χ1) is 19.8. The SMILES string of the molecule is COC(C)(C)C/C=C/C(C)=C/CC/C(C)=C/C=C/C(C)=C/CC/C=C(\C)CC/C=C(\C)CC/C=C(\C)CCC=C(C)C. The fraction of sp³-hybridized carbons (Fsp3) is 0.561. The van der Waals surface area contributed by atoms with Gasteiger partial charge in [-0.05, 0) is 140 Å². The third-order valence-electron chi connectivity index (χ3n) is 7.57. The zero-order valence-corrected chi connectivity index (χ0v) is 29.5. The summed E-state index contributed by atoms with van der Waals surface area (Å²) in [6.45, 7) is 22.0. The fourth-order valence-electron chi connectivity index (χ4n) is 4.35. The molecule has 236 valence electrons.